The normalized spacial score (nSPS) is 19.9. The predicted octanol–water partition coefficient (Wildman–Crippen LogP) is 1.34. The van der Waals surface area contributed by atoms with E-state index >= 15 is 0 Å². The largest absolute Gasteiger partial charge is 0.316 e. The molecule has 1 aliphatic heterocycles. The first-order valence-electron chi connectivity index (χ1n) is 6.35. The number of hydrogen-bond donors (Lipinski definition) is 1. The van der Waals surface area contributed by atoms with E-state index in [0.717, 1.165) is 30.2 Å². The van der Waals surface area contributed by atoms with Crippen molar-refractivity contribution >= 4 is 0 Å². The summed E-state index contributed by atoms with van der Waals surface area (Å²) >= 11 is 0. The van der Waals surface area contributed by atoms with Crippen LogP contribution in [0.2, 0.25) is 0 Å². The Hall–Kier alpha value is -1.75. The second-order valence-electron chi connectivity index (χ2n) is 4.75. The van der Waals surface area contributed by atoms with Gasteiger partial charge in [-0.3, -0.25) is 4.68 Å². The fourth-order valence-electron chi connectivity index (χ4n) is 2.36. The van der Waals surface area contributed by atoms with Gasteiger partial charge < -0.3 is 5.32 Å². The average molecular weight is 243 g/mol. The van der Waals surface area contributed by atoms with Gasteiger partial charge in [-0.05, 0) is 25.5 Å². The molecule has 3 heterocycles. The van der Waals surface area contributed by atoms with E-state index in [4.69, 9.17) is 0 Å². The Morgan fingerprint density at radius 1 is 1.44 bits per heavy atom. The molecule has 0 aromatic carbocycles. The Morgan fingerprint density at radius 2 is 2.39 bits per heavy atom. The van der Waals surface area contributed by atoms with Gasteiger partial charge in [-0.2, -0.15) is 5.10 Å². The predicted molar refractivity (Wildman–Crippen MR) is 69.1 cm³/mol. The second-order valence-corrected chi connectivity index (χ2v) is 4.75. The van der Waals surface area contributed by atoms with Gasteiger partial charge in [0.2, 0.25) is 0 Å². The van der Waals surface area contributed by atoms with Crippen molar-refractivity contribution < 1.29 is 0 Å². The summed E-state index contributed by atoms with van der Waals surface area (Å²) in [6.45, 7) is 2.09. The smallest absolute Gasteiger partial charge is 0.133 e. The van der Waals surface area contributed by atoms with E-state index in [0.29, 0.717) is 5.92 Å². The van der Waals surface area contributed by atoms with E-state index in [9.17, 15) is 0 Å². The lowest BCUT2D eigenvalue weighted by Crippen LogP contribution is -2.29. The Morgan fingerprint density at radius 3 is 3.11 bits per heavy atom. The van der Waals surface area contributed by atoms with Gasteiger partial charge >= 0.3 is 0 Å². The molecule has 1 atom stereocenters. The molecule has 0 bridgehead atoms. The molecule has 1 aliphatic rings. The molecule has 1 N–H and O–H groups in total. The van der Waals surface area contributed by atoms with E-state index in [2.05, 4.69) is 20.4 Å². The summed E-state index contributed by atoms with van der Waals surface area (Å²) in [5.74, 6) is 1.39. The topological polar surface area (TPSA) is 55.6 Å². The van der Waals surface area contributed by atoms with Crippen LogP contribution in [0.4, 0.5) is 0 Å². The van der Waals surface area contributed by atoms with Crippen LogP contribution in [0.25, 0.3) is 11.3 Å². The van der Waals surface area contributed by atoms with E-state index in [1.807, 2.05) is 31.7 Å². The summed E-state index contributed by atoms with van der Waals surface area (Å²) in [4.78, 5) is 9.09. The van der Waals surface area contributed by atoms with Crippen LogP contribution >= 0.6 is 0 Å². The molecule has 18 heavy (non-hydrogen) atoms. The van der Waals surface area contributed by atoms with Crippen molar-refractivity contribution in [3.63, 3.8) is 0 Å². The molecule has 0 unspecified atom stereocenters. The first-order valence-corrected chi connectivity index (χ1v) is 6.35. The number of nitrogens with one attached hydrogen (secondary N) is 1. The molecule has 3 rings (SSSR count). The molecule has 2 aromatic heterocycles. The van der Waals surface area contributed by atoms with E-state index < -0.39 is 0 Å². The van der Waals surface area contributed by atoms with E-state index in [1.165, 1.54) is 12.8 Å². The number of nitrogens with zero attached hydrogens (tertiary/aromatic N) is 4. The lowest BCUT2D eigenvalue weighted by atomic mass is 9.99. The summed E-state index contributed by atoms with van der Waals surface area (Å²) < 4.78 is 1.79. The van der Waals surface area contributed by atoms with Crippen LogP contribution < -0.4 is 5.32 Å². The molecule has 2 aromatic rings. The maximum Gasteiger partial charge on any atom is 0.133 e. The highest BCUT2D eigenvalue weighted by Gasteiger charge is 2.18. The molecule has 0 saturated carbocycles. The molecule has 0 radical (unpaired) electrons. The number of aryl methyl sites for hydroxylation is 1. The number of piperidine rings is 1. The highest BCUT2D eigenvalue weighted by molar-refractivity contribution is 5.56. The minimum atomic E-state index is 0.440. The maximum absolute atomic E-state index is 4.68. The molecule has 5 heteroatoms. The fourth-order valence-corrected chi connectivity index (χ4v) is 2.36. The van der Waals surface area contributed by atoms with Gasteiger partial charge in [-0.1, -0.05) is 0 Å². The quantitative estimate of drug-likeness (QED) is 0.865. The van der Waals surface area contributed by atoms with Gasteiger partial charge in [0.15, 0.2) is 0 Å². The van der Waals surface area contributed by atoms with E-state index in [1.54, 1.807) is 4.68 Å². The standard InChI is InChI=1S/C13H17N5/c1-18-9-11(8-16-18)12-4-6-15-13(17-12)10-3-2-5-14-7-10/h4,6,8-10,14H,2-3,5,7H2,1H3/t10-/m0/s1. The van der Waals surface area contributed by atoms with Gasteiger partial charge in [0.05, 0.1) is 11.9 Å². The van der Waals surface area contributed by atoms with Crippen molar-refractivity contribution in [2.75, 3.05) is 13.1 Å². The van der Waals surface area contributed by atoms with Gasteiger partial charge in [-0.15, -0.1) is 0 Å². The third-order valence-electron chi connectivity index (χ3n) is 3.34. The molecule has 94 valence electrons. The molecule has 1 saturated heterocycles. The highest BCUT2D eigenvalue weighted by Crippen LogP contribution is 2.22. The lowest BCUT2D eigenvalue weighted by molar-refractivity contribution is 0.447. The van der Waals surface area contributed by atoms with Gasteiger partial charge in [-0.25, -0.2) is 9.97 Å². The molecule has 0 aliphatic carbocycles. The Balaban J connectivity index is 1.88. The third kappa shape index (κ3) is 2.26. The van der Waals surface area contributed by atoms with Crippen LogP contribution in [0.15, 0.2) is 24.7 Å². The van der Waals surface area contributed by atoms with Crippen LogP contribution in [0.3, 0.4) is 0 Å². The van der Waals surface area contributed by atoms with Gasteiger partial charge in [0.1, 0.15) is 5.82 Å². The molecule has 5 nitrogen and oxygen atoms in total. The summed E-state index contributed by atoms with van der Waals surface area (Å²) in [7, 11) is 1.91. The van der Waals surface area contributed by atoms with Gasteiger partial charge in [0.25, 0.3) is 0 Å². The van der Waals surface area contributed by atoms with Crippen molar-refractivity contribution in [1.82, 2.24) is 25.1 Å². The van der Waals surface area contributed by atoms with Crippen molar-refractivity contribution in [2.24, 2.45) is 7.05 Å². The van der Waals surface area contributed by atoms with Crippen LogP contribution in [0.1, 0.15) is 24.6 Å². The number of aromatic nitrogens is 4. The van der Waals surface area contributed by atoms with Crippen molar-refractivity contribution in [2.45, 2.75) is 18.8 Å². The molecular formula is C13H17N5. The summed E-state index contributed by atoms with van der Waals surface area (Å²) in [6.07, 6.45) is 8.03. The zero-order chi connectivity index (χ0) is 12.4. The molecule has 0 amide bonds. The highest BCUT2D eigenvalue weighted by atomic mass is 15.2. The monoisotopic (exact) mass is 243 g/mol. The van der Waals surface area contributed by atoms with Crippen LogP contribution in [-0.2, 0) is 7.05 Å². The van der Waals surface area contributed by atoms with Crippen LogP contribution in [0.5, 0.6) is 0 Å². The van der Waals surface area contributed by atoms with Crippen LogP contribution in [-0.4, -0.2) is 32.8 Å². The summed E-state index contributed by atoms with van der Waals surface area (Å²) in [5, 5.41) is 7.58. The first-order chi connectivity index (χ1) is 8.83. The third-order valence-corrected chi connectivity index (χ3v) is 3.34. The molecular weight excluding hydrogens is 226 g/mol. The SMILES string of the molecule is Cn1cc(-c2ccnc([C@H]3CCCNC3)n2)cn1. The summed E-state index contributed by atoms with van der Waals surface area (Å²) in [5.41, 5.74) is 2.00. The zero-order valence-electron chi connectivity index (χ0n) is 10.5. The van der Waals surface area contributed by atoms with Crippen molar-refractivity contribution in [3.8, 4) is 11.3 Å². The second kappa shape index (κ2) is 4.86. The minimum Gasteiger partial charge on any atom is -0.316 e. The van der Waals surface area contributed by atoms with E-state index in [-0.39, 0.29) is 0 Å². The van der Waals surface area contributed by atoms with Gasteiger partial charge in [0, 0.05) is 37.5 Å². The Kier molecular flexibility index (Phi) is 3.06. The van der Waals surface area contributed by atoms with Crippen molar-refractivity contribution in [3.05, 3.63) is 30.5 Å². The molecule has 0 spiro atoms. The fraction of sp³-hybridized carbons (Fsp3) is 0.462. The Labute approximate surface area is 106 Å². The minimum absolute atomic E-state index is 0.440. The lowest BCUT2D eigenvalue weighted by Gasteiger charge is -2.21. The Bertz CT molecular complexity index is 528. The number of rotatable bonds is 2. The average Bonchev–Trinajstić information content (AvgIpc) is 2.87. The zero-order valence-corrected chi connectivity index (χ0v) is 10.5. The maximum atomic E-state index is 4.68. The molecule has 1 fully saturated rings. The summed E-state index contributed by atoms with van der Waals surface area (Å²) in [6, 6.07) is 1.94. The number of hydrogen-bond acceptors (Lipinski definition) is 4. The van der Waals surface area contributed by atoms with Crippen molar-refractivity contribution in [1.29, 1.82) is 0 Å². The van der Waals surface area contributed by atoms with Crippen LogP contribution in [0, 0.1) is 0 Å². The first kappa shape index (κ1) is 11.3.